The Hall–Kier alpha value is -1.87. The number of amides is 2. The maximum Gasteiger partial charge on any atom is 0.338 e. The van der Waals surface area contributed by atoms with Crippen LogP contribution in [0.3, 0.4) is 0 Å². The Kier molecular flexibility index (Phi) is 7.43. The van der Waals surface area contributed by atoms with Gasteiger partial charge in [-0.2, -0.15) is 11.8 Å². The van der Waals surface area contributed by atoms with E-state index in [1.807, 2.05) is 6.26 Å². The van der Waals surface area contributed by atoms with E-state index < -0.39 is 12.0 Å². The SMILES string of the molecule is COc1cc(C2NC(=O)N(C)C(C)=C2C(=O)OCCSC)cc(Br)c1OC. The quantitative estimate of drug-likeness (QED) is 0.498. The van der Waals surface area contributed by atoms with Crippen molar-refractivity contribution in [3.05, 3.63) is 33.4 Å². The zero-order valence-corrected chi connectivity index (χ0v) is 18.3. The molecule has 2 amide bonds. The van der Waals surface area contributed by atoms with Crippen LogP contribution in [0, 0.1) is 0 Å². The van der Waals surface area contributed by atoms with E-state index in [1.165, 1.54) is 19.1 Å². The molecule has 7 nitrogen and oxygen atoms in total. The summed E-state index contributed by atoms with van der Waals surface area (Å²) in [5, 5.41) is 2.86. The van der Waals surface area contributed by atoms with Gasteiger partial charge in [-0.25, -0.2) is 9.59 Å². The van der Waals surface area contributed by atoms with Gasteiger partial charge < -0.3 is 24.4 Å². The van der Waals surface area contributed by atoms with E-state index in [0.29, 0.717) is 45.2 Å². The molecule has 2 rings (SSSR count). The second-order valence-corrected chi connectivity index (χ2v) is 7.65. The van der Waals surface area contributed by atoms with E-state index in [1.54, 1.807) is 37.9 Å². The molecule has 1 heterocycles. The molecule has 0 saturated heterocycles. The molecule has 0 saturated carbocycles. The second-order valence-electron chi connectivity index (χ2n) is 5.81. The third-order valence-corrected chi connectivity index (χ3v) is 5.45. The number of nitrogens with zero attached hydrogens (tertiary/aromatic N) is 1. The van der Waals surface area contributed by atoms with Crippen molar-refractivity contribution in [3.8, 4) is 11.5 Å². The van der Waals surface area contributed by atoms with Crippen LogP contribution in [0.15, 0.2) is 27.9 Å². The fourth-order valence-electron chi connectivity index (χ4n) is 2.75. The van der Waals surface area contributed by atoms with Gasteiger partial charge in [-0.05, 0) is 46.8 Å². The summed E-state index contributed by atoms with van der Waals surface area (Å²) < 4.78 is 16.8. The lowest BCUT2D eigenvalue weighted by Gasteiger charge is -2.33. The number of urea groups is 1. The van der Waals surface area contributed by atoms with Crippen molar-refractivity contribution in [1.29, 1.82) is 0 Å². The molecule has 0 radical (unpaired) electrons. The molecule has 0 aliphatic carbocycles. The van der Waals surface area contributed by atoms with E-state index in [-0.39, 0.29) is 6.03 Å². The molecule has 1 aromatic carbocycles. The highest BCUT2D eigenvalue weighted by molar-refractivity contribution is 9.10. The number of thioether (sulfide) groups is 1. The molecule has 1 atom stereocenters. The molecule has 9 heteroatoms. The van der Waals surface area contributed by atoms with E-state index in [4.69, 9.17) is 14.2 Å². The van der Waals surface area contributed by atoms with Crippen LogP contribution in [0.2, 0.25) is 0 Å². The first-order valence-electron chi connectivity index (χ1n) is 8.18. The Morgan fingerprint density at radius 3 is 2.63 bits per heavy atom. The molecule has 0 aromatic heterocycles. The third-order valence-electron chi connectivity index (χ3n) is 4.28. The van der Waals surface area contributed by atoms with E-state index in [0.717, 1.165) is 0 Å². The second kappa shape index (κ2) is 9.36. The number of nitrogens with one attached hydrogen (secondary N) is 1. The van der Waals surface area contributed by atoms with Gasteiger partial charge in [0.2, 0.25) is 0 Å². The minimum absolute atomic E-state index is 0.302. The Balaban J connectivity index is 2.50. The number of hydrogen-bond acceptors (Lipinski definition) is 6. The summed E-state index contributed by atoms with van der Waals surface area (Å²) in [5.41, 5.74) is 1.61. The molecule has 1 aliphatic rings. The van der Waals surface area contributed by atoms with Crippen LogP contribution >= 0.6 is 27.7 Å². The van der Waals surface area contributed by atoms with Crippen LogP contribution in [-0.2, 0) is 9.53 Å². The molecule has 148 valence electrons. The molecule has 1 unspecified atom stereocenters. The molecule has 0 spiro atoms. The van der Waals surface area contributed by atoms with Crippen molar-refractivity contribution < 1.29 is 23.8 Å². The smallest absolute Gasteiger partial charge is 0.338 e. The number of rotatable bonds is 7. The average Bonchev–Trinajstić information content (AvgIpc) is 2.65. The van der Waals surface area contributed by atoms with Gasteiger partial charge in [-0.3, -0.25) is 0 Å². The van der Waals surface area contributed by atoms with Gasteiger partial charge in [-0.15, -0.1) is 0 Å². The van der Waals surface area contributed by atoms with Gasteiger partial charge in [-0.1, -0.05) is 0 Å². The van der Waals surface area contributed by atoms with Crippen LogP contribution in [0.4, 0.5) is 4.79 Å². The van der Waals surface area contributed by atoms with Gasteiger partial charge >= 0.3 is 12.0 Å². The largest absolute Gasteiger partial charge is 0.493 e. The number of carbonyl (C=O) groups is 2. The Bertz CT molecular complexity index is 768. The molecule has 0 bridgehead atoms. The highest BCUT2D eigenvalue weighted by Crippen LogP contribution is 2.40. The number of methoxy groups -OCH3 is 2. The standard InChI is InChI=1S/C18H23BrN2O5S/c1-10-14(17(22)26-6-7-27-5)15(20-18(23)21(10)2)11-8-12(19)16(25-4)13(9-11)24-3/h8-9,15H,6-7H2,1-5H3,(H,20,23). The van der Waals surface area contributed by atoms with Crippen LogP contribution in [0.1, 0.15) is 18.5 Å². The zero-order chi connectivity index (χ0) is 20.1. The van der Waals surface area contributed by atoms with Crippen molar-refractivity contribution in [1.82, 2.24) is 10.2 Å². The summed E-state index contributed by atoms with van der Waals surface area (Å²) in [6.07, 6.45) is 1.94. The Morgan fingerprint density at radius 1 is 1.33 bits per heavy atom. The van der Waals surface area contributed by atoms with Gasteiger partial charge in [0, 0.05) is 18.5 Å². The number of esters is 1. The summed E-state index contributed by atoms with van der Waals surface area (Å²) in [6.45, 7) is 2.03. The van der Waals surface area contributed by atoms with Gasteiger partial charge in [0.1, 0.15) is 6.61 Å². The number of allylic oxidation sites excluding steroid dienone is 1. The molecule has 1 N–H and O–H groups in total. The Morgan fingerprint density at radius 2 is 2.04 bits per heavy atom. The fourth-order valence-corrected chi connectivity index (χ4v) is 3.62. The maximum absolute atomic E-state index is 12.7. The molecule has 27 heavy (non-hydrogen) atoms. The molecule has 0 fully saturated rings. The summed E-state index contributed by atoms with van der Waals surface area (Å²) >= 11 is 5.04. The van der Waals surface area contributed by atoms with E-state index >= 15 is 0 Å². The highest BCUT2D eigenvalue weighted by atomic mass is 79.9. The van der Waals surface area contributed by atoms with Crippen molar-refractivity contribution in [2.45, 2.75) is 13.0 Å². The Labute approximate surface area is 171 Å². The number of carbonyl (C=O) groups excluding carboxylic acids is 2. The van der Waals surface area contributed by atoms with Gasteiger partial charge in [0.15, 0.2) is 11.5 Å². The summed E-state index contributed by atoms with van der Waals surface area (Å²) in [6, 6.07) is 2.57. The first kappa shape index (κ1) is 21.4. The molecular weight excluding hydrogens is 436 g/mol. The number of ether oxygens (including phenoxy) is 3. The minimum atomic E-state index is -0.661. The zero-order valence-electron chi connectivity index (χ0n) is 15.9. The topological polar surface area (TPSA) is 77.1 Å². The average molecular weight is 459 g/mol. The van der Waals surface area contributed by atoms with Crippen LogP contribution in [0.25, 0.3) is 0 Å². The van der Waals surface area contributed by atoms with Crippen LogP contribution < -0.4 is 14.8 Å². The van der Waals surface area contributed by atoms with Crippen molar-refractivity contribution in [2.75, 3.05) is 39.9 Å². The summed E-state index contributed by atoms with van der Waals surface area (Å²) in [7, 11) is 4.68. The van der Waals surface area contributed by atoms with Crippen LogP contribution in [0.5, 0.6) is 11.5 Å². The maximum atomic E-state index is 12.7. The lowest BCUT2D eigenvalue weighted by atomic mass is 9.94. The van der Waals surface area contributed by atoms with E-state index in [9.17, 15) is 9.59 Å². The first-order chi connectivity index (χ1) is 12.8. The molecular formula is C18H23BrN2O5S. The van der Waals surface area contributed by atoms with Crippen molar-refractivity contribution in [2.24, 2.45) is 0 Å². The van der Waals surface area contributed by atoms with E-state index in [2.05, 4.69) is 21.2 Å². The van der Waals surface area contributed by atoms with Gasteiger partial charge in [0.25, 0.3) is 0 Å². The third kappa shape index (κ3) is 4.52. The van der Waals surface area contributed by atoms with Crippen LogP contribution in [-0.4, -0.2) is 56.8 Å². The van der Waals surface area contributed by atoms with Crippen molar-refractivity contribution >= 4 is 39.7 Å². The highest BCUT2D eigenvalue weighted by Gasteiger charge is 2.35. The van der Waals surface area contributed by atoms with Crippen molar-refractivity contribution in [3.63, 3.8) is 0 Å². The monoisotopic (exact) mass is 458 g/mol. The normalized spacial score (nSPS) is 16.9. The number of benzene rings is 1. The van der Waals surface area contributed by atoms with Gasteiger partial charge in [0.05, 0.1) is 30.3 Å². The number of hydrogen-bond donors (Lipinski definition) is 1. The fraction of sp³-hybridized carbons (Fsp3) is 0.444. The lowest BCUT2D eigenvalue weighted by molar-refractivity contribution is -0.139. The first-order valence-corrected chi connectivity index (χ1v) is 10.4. The predicted molar refractivity (Wildman–Crippen MR) is 108 cm³/mol. The molecule has 1 aromatic rings. The predicted octanol–water partition coefficient (Wildman–Crippen LogP) is 3.34. The summed E-state index contributed by atoms with van der Waals surface area (Å²) in [4.78, 5) is 26.5. The summed E-state index contributed by atoms with van der Waals surface area (Å²) in [5.74, 6) is 1.27. The minimum Gasteiger partial charge on any atom is -0.493 e. The number of halogens is 1. The molecule has 1 aliphatic heterocycles. The lowest BCUT2D eigenvalue weighted by Crippen LogP contribution is -2.46.